The zero-order valence-electron chi connectivity index (χ0n) is 19.4. The molecule has 0 radical (unpaired) electrons. The molecule has 2 unspecified atom stereocenters. The van der Waals surface area contributed by atoms with Crippen LogP contribution in [0.5, 0.6) is 5.75 Å². The molecule has 0 saturated carbocycles. The first kappa shape index (κ1) is 21.9. The number of fused-ring (bicyclic) bond motifs is 3. The summed E-state index contributed by atoms with van der Waals surface area (Å²) in [5, 5.41) is 8.85. The summed E-state index contributed by atoms with van der Waals surface area (Å²) in [4.78, 5) is 17.0. The molecule has 1 fully saturated rings. The van der Waals surface area contributed by atoms with Gasteiger partial charge in [-0.15, -0.1) is 0 Å². The van der Waals surface area contributed by atoms with Crippen molar-refractivity contribution < 1.29 is 19.0 Å². The van der Waals surface area contributed by atoms with Crippen molar-refractivity contribution in [2.24, 2.45) is 10.9 Å². The van der Waals surface area contributed by atoms with Gasteiger partial charge in [-0.3, -0.25) is 4.99 Å². The number of aromatic nitrogens is 2. The lowest BCUT2D eigenvalue weighted by atomic mass is 9.99. The number of aliphatic imine (C=N–C) groups is 1. The summed E-state index contributed by atoms with van der Waals surface area (Å²) in [6, 6.07) is 6.12. The normalized spacial score (nSPS) is 26.4. The van der Waals surface area contributed by atoms with E-state index in [-0.39, 0.29) is 18.2 Å². The number of amides is 1. The molecule has 5 rings (SSSR count). The smallest absolute Gasteiger partial charge is 0.407 e. The van der Waals surface area contributed by atoms with Gasteiger partial charge >= 0.3 is 6.09 Å². The second-order valence-electron chi connectivity index (χ2n) is 8.99. The molecule has 1 aromatic carbocycles. The highest BCUT2D eigenvalue weighted by molar-refractivity contribution is 6.01. The number of alkyl carbamates (subject to hydrolysis) is 1. The third kappa shape index (κ3) is 4.62. The lowest BCUT2D eigenvalue weighted by Crippen LogP contribution is -2.29. The fraction of sp³-hybridized carbons (Fsp3) is 0.560. The molecule has 176 valence electrons. The van der Waals surface area contributed by atoms with E-state index in [9.17, 15) is 4.79 Å². The van der Waals surface area contributed by atoms with E-state index in [0.29, 0.717) is 26.0 Å². The molecule has 3 atom stereocenters. The van der Waals surface area contributed by atoms with Crippen molar-refractivity contribution in [1.82, 2.24) is 15.1 Å². The van der Waals surface area contributed by atoms with E-state index in [1.165, 1.54) is 0 Å². The van der Waals surface area contributed by atoms with Crippen molar-refractivity contribution in [2.45, 2.75) is 64.7 Å². The number of nitrogens with one attached hydrogen (secondary N) is 1. The maximum Gasteiger partial charge on any atom is 0.407 e. The van der Waals surface area contributed by atoms with E-state index in [2.05, 4.69) is 30.4 Å². The molecule has 2 aromatic rings. The molecule has 1 aromatic heterocycles. The Morgan fingerprint density at radius 1 is 1.21 bits per heavy atom. The first-order chi connectivity index (χ1) is 16.1. The first-order valence-corrected chi connectivity index (χ1v) is 12.1. The van der Waals surface area contributed by atoms with E-state index in [1.807, 2.05) is 17.7 Å². The summed E-state index contributed by atoms with van der Waals surface area (Å²) in [6.45, 7) is 5.71. The summed E-state index contributed by atoms with van der Waals surface area (Å²) in [6.07, 6.45) is 7.08. The number of carbonyl (C=O) groups is 1. The maximum absolute atomic E-state index is 12.0. The molecule has 4 bridgehead atoms. The molecule has 1 saturated heterocycles. The fourth-order valence-corrected chi connectivity index (χ4v) is 4.78. The molecule has 3 aliphatic rings. The third-order valence-electron chi connectivity index (χ3n) is 6.59. The molecular weight excluding hydrogens is 420 g/mol. The molecule has 0 aliphatic carbocycles. The van der Waals surface area contributed by atoms with Gasteiger partial charge < -0.3 is 19.5 Å². The van der Waals surface area contributed by atoms with Crippen LogP contribution in [0.3, 0.4) is 0 Å². The highest BCUT2D eigenvalue weighted by Crippen LogP contribution is 2.36. The van der Waals surface area contributed by atoms with Crippen molar-refractivity contribution in [2.75, 3.05) is 19.8 Å². The van der Waals surface area contributed by atoms with Crippen LogP contribution in [0.15, 0.2) is 29.3 Å². The highest BCUT2D eigenvalue weighted by atomic mass is 16.5. The number of allylic oxidation sites excluding steroid dienone is 1. The Morgan fingerprint density at radius 3 is 2.94 bits per heavy atom. The van der Waals surface area contributed by atoms with Gasteiger partial charge in [-0.1, -0.05) is 6.92 Å². The van der Waals surface area contributed by atoms with Gasteiger partial charge in [0.15, 0.2) is 6.23 Å². The Hall–Kier alpha value is -2.87. The number of hydrogen-bond donors (Lipinski definition) is 1. The Kier molecular flexibility index (Phi) is 6.35. The Bertz CT molecular complexity index is 1080. The van der Waals surface area contributed by atoms with E-state index in [4.69, 9.17) is 24.3 Å². The van der Waals surface area contributed by atoms with Gasteiger partial charge in [-0.25, -0.2) is 9.48 Å². The number of cyclic esters (lactones) is 1. The number of benzene rings is 1. The predicted octanol–water partition coefficient (Wildman–Crippen LogP) is 4.84. The van der Waals surface area contributed by atoms with Crippen molar-refractivity contribution >= 4 is 28.4 Å². The molecular formula is C25H32N4O4. The summed E-state index contributed by atoms with van der Waals surface area (Å²) in [7, 11) is 0. The minimum absolute atomic E-state index is 0.0596. The van der Waals surface area contributed by atoms with E-state index in [0.717, 1.165) is 66.0 Å². The van der Waals surface area contributed by atoms with Crippen LogP contribution in [-0.4, -0.2) is 47.4 Å². The van der Waals surface area contributed by atoms with Crippen LogP contribution in [0.25, 0.3) is 16.6 Å². The largest absolute Gasteiger partial charge is 0.491 e. The Morgan fingerprint density at radius 2 is 2.12 bits per heavy atom. The zero-order chi connectivity index (χ0) is 22.8. The SMILES string of the molecule is CCC1C=C2N=C1CCOC(=O)NCC[C@@H](C)Oc1ccc3c(c1)c2nn3C1CCCCO1. The lowest BCUT2D eigenvalue weighted by molar-refractivity contribution is -0.0367. The molecule has 3 aliphatic heterocycles. The lowest BCUT2D eigenvalue weighted by Gasteiger charge is -2.23. The van der Waals surface area contributed by atoms with Crippen molar-refractivity contribution in [3.63, 3.8) is 0 Å². The van der Waals surface area contributed by atoms with Gasteiger partial charge in [0, 0.05) is 43.0 Å². The maximum atomic E-state index is 12.0. The number of hydrogen-bond acceptors (Lipinski definition) is 6. The van der Waals surface area contributed by atoms with Crippen molar-refractivity contribution in [3.8, 4) is 5.75 Å². The Balaban J connectivity index is 1.58. The van der Waals surface area contributed by atoms with Crippen LogP contribution in [-0.2, 0) is 9.47 Å². The van der Waals surface area contributed by atoms with Crippen LogP contribution in [0.1, 0.15) is 64.3 Å². The molecule has 4 heterocycles. The molecule has 33 heavy (non-hydrogen) atoms. The van der Waals surface area contributed by atoms with Gasteiger partial charge in [0.2, 0.25) is 0 Å². The van der Waals surface area contributed by atoms with Crippen LogP contribution in [0, 0.1) is 5.92 Å². The monoisotopic (exact) mass is 452 g/mol. The minimum Gasteiger partial charge on any atom is -0.491 e. The first-order valence-electron chi connectivity index (χ1n) is 12.1. The van der Waals surface area contributed by atoms with Crippen LogP contribution in [0.4, 0.5) is 4.79 Å². The van der Waals surface area contributed by atoms with Crippen LogP contribution >= 0.6 is 0 Å². The van der Waals surface area contributed by atoms with Gasteiger partial charge in [0.05, 0.1) is 23.9 Å². The van der Waals surface area contributed by atoms with Gasteiger partial charge in [0.25, 0.3) is 0 Å². The van der Waals surface area contributed by atoms with Crippen LogP contribution in [0.2, 0.25) is 0 Å². The van der Waals surface area contributed by atoms with Gasteiger partial charge in [0.1, 0.15) is 11.4 Å². The van der Waals surface area contributed by atoms with Crippen molar-refractivity contribution in [1.29, 1.82) is 0 Å². The average molecular weight is 453 g/mol. The predicted molar refractivity (Wildman–Crippen MR) is 126 cm³/mol. The number of ether oxygens (including phenoxy) is 3. The molecule has 8 nitrogen and oxygen atoms in total. The van der Waals surface area contributed by atoms with E-state index < -0.39 is 6.09 Å². The summed E-state index contributed by atoms with van der Waals surface area (Å²) >= 11 is 0. The molecule has 0 spiro atoms. The van der Waals surface area contributed by atoms with Crippen molar-refractivity contribution in [3.05, 3.63) is 30.0 Å². The Labute approximate surface area is 194 Å². The molecule has 1 amide bonds. The molecule has 1 N–H and O–H groups in total. The number of rotatable bonds is 2. The van der Waals surface area contributed by atoms with E-state index in [1.54, 1.807) is 0 Å². The van der Waals surface area contributed by atoms with Gasteiger partial charge in [-0.05, 0) is 56.9 Å². The summed E-state index contributed by atoms with van der Waals surface area (Å²) < 4.78 is 19.6. The number of nitrogens with zero attached hydrogens (tertiary/aromatic N) is 3. The average Bonchev–Trinajstić information content (AvgIpc) is 3.40. The highest BCUT2D eigenvalue weighted by Gasteiger charge is 2.27. The second kappa shape index (κ2) is 9.55. The standard InChI is InChI=1S/C25H32N4O4/c1-3-17-14-21-24-19-15-18(7-8-22(19)29(28-24)23-6-4-5-12-31-23)33-16(2)9-11-26-25(30)32-13-10-20(17)27-21/h7-8,14-17,23H,3-6,9-13H2,1-2H3,(H,26,30)/t16-,17?,23?/m1/s1. The van der Waals surface area contributed by atoms with Crippen LogP contribution < -0.4 is 10.1 Å². The minimum atomic E-state index is -0.399. The van der Waals surface area contributed by atoms with Gasteiger partial charge in [-0.2, -0.15) is 5.10 Å². The topological polar surface area (TPSA) is 87.0 Å². The quantitative estimate of drug-likeness (QED) is 0.704. The van der Waals surface area contributed by atoms with E-state index >= 15 is 0 Å². The third-order valence-corrected chi connectivity index (χ3v) is 6.59. The number of carbonyl (C=O) groups excluding carboxylic acids is 1. The molecule has 8 heteroatoms. The summed E-state index contributed by atoms with van der Waals surface area (Å²) in [5.41, 5.74) is 3.80. The second-order valence-corrected chi connectivity index (χ2v) is 8.99. The zero-order valence-corrected chi connectivity index (χ0v) is 19.4. The summed E-state index contributed by atoms with van der Waals surface area (Å²) in [5.74, 6) is 0.998. The fourth-order valence-electron chi connectivity index (χ4n) is 4.78.